The Bertz CT molecular complexity index is 683. The van der Waals surface area contributed by atoms with Gasteiger partial charge in [-0.05, 0) is 13.0 Å². The molecular formula is C11H12N6S2. The maximum absolute atomic E-state index is 4.55. The summed E-state index contributed by atoms with van der Waals surface area (Å²) in [5, 5.41) is 11.3. The zero-order chi connectivity index (χ0) is 13.2. The lowest BCUT2D eigenvalue weighted by Crippen LogP contribution is -1.99. The van der Waals surface area contributed by atoms with Gasteiger partial charge in [-0.15, -0.1) is 11.3 Å². The maximum atomic E-state index is 4.55. The molecule has 0 spiro atoms. The van der Waals surface area contributed by atoms with Crippen LogP contribution in [-0.4, -0.2) is 24.1 Å². The van der Waals surface area contributed by atoms with Gasteiger partial charge in [-0.3, -0.25) is 4.68 Å². The number of nitrogens with one attached hydrogen (secondary N) is 1. The van der Waals surface area contributed by atoms with E-state index >= 15 is 0 Å². The Hall–Kier alpha value is -1.80. The van der Waals surface area contributed by atoms with E-state index in [1.54, 1.807) is 16.0 Å². The second kappa shape index (κ2) is 5.06. The highest BCUT2D eigenvalue weighted by Gasteiger charge is 2.08. The van der Waals surface area contributed by atoms with Gasteiger partial charge in [-0.25, -0.2) is 9.97 Å². The van der Waals surface area contributed by atoms with Crippen molar-refractivity contribution in [2.24, 2.45) is 7.05 Å². The minimum atomic E-state index is 0.651. The largest absolute Gasteiger partial charge is 0.355 e. The molecule has 0 aliphatic heterocycles. The smallest absolute Gasteiger partial charge is 0.202 e. The molecule has 3 rings (SSSR count). The van der Waals surface area contributed by atoms with Gasteiger partial charge in [-0.2, -0.15) is 9.47 Å². The third-order valence-electron chi connectivity index (χ3n) is 2.43. The Morgan fingerprint density at radius 2 is 2.26 bits per heavy atom. The summed E-state index contributed by atoms with van der Waals surface area (Å²) in [5.41, 5.74) is 1.89. The van der Waals surface area contributed by atoms with E-state index in [0.717, 1.165) is 27.4 Å². The van der Waals surface area contributed by atoms with Crippen LogP contribution in [0.25, 0.3) is 10.7 Å². The van der Waals surface area contributed by atoms with Crippen molar-refractivity contribution < 1.29 is 0 Å². The summed E-state index contributed by atoms with van der Waals surface area (Å²) >= 11 is 2.96. The molecule has 98 valence electrons. The molecule has 6 nitrogen and oxygen atoms in total. The van der Waals surface area contributed by atoms with E-state index in [-0.39, 0.29) is 0 Å². The molecule has 0 fully saturated rings. The highest BCUT2D eigenvalue weighted by molar-refractivity contribution is 7.13. The van der Waals surface area contributed by atoms with Crippen molar-refractivity contribution in [3.05, 3.63) is 29.2 Å². The molecule has 0 unspecified atom stereocenters. The Balaban J connectivity index is 1.68. The Morgan fingerprint density at radius 1 is 1.37 bits per heavy atom. The zero-order valence-electron chi connectivity index (χ0n) is 10.5. The summed E-state index contributed by atoms with van der Waals surface area (Å²) in [7, 11) is 1.90. The second-order valence-electron chi connectivity index (χ2n) is 4.02. The topological polar surface area (TPSA) is 68.5 Å². The highest BCUT2D eigenvalue weighted by atomic mass is 32.1. The van der Waals surface area contributed by atoms with E-state index in [2.05, 4.69) is 24.8 Å². The molecule has 0 bridgehead atoms. The maximum Gasteiger partial charge on any atom is 0.202 e. The number of rotatable bonds is 4. The van der Waals surface area contributed by atoms with Gasteiger partial charge in [0.2, 0.25) is 5.13 Å². The lowest BCUT2D eigenvalue weighted by atomic mass is 10.4. The molecule has 0 atom stereocenters. The fourth-order valence-electron chi connectivity index (χ4n) is 1.57. The van der Waals surface area contributed by atoms with Crippen LogP contribution >= 0.6 is 22.9 Å². The van der Waals surface area contributed by atoms with Crippen LogP contribution in [0.15, 0.2) is 17.6 Å². The second-order valence-corrected chi connectivity index (χ2v) is 5.63. The van der Waals surface area contributed by atoms with Crippen LogP contribution in [0.3, 0.4) is 0 Å². The van der Waals surface area contributed by atoms with Crippen molar-refractivity contribution in [3.8, 4) is 10.7 Å². The summed E-state index contributed by atoms with van der Waals surface area (Å²) < 4.78 is 5.90. The molecule has 0 radical (unpaired) electrons. The van der Waals surface area contributed by atoms with E-state index in [0.29, 0.717) is 6.54 Å². The minimum Gasteiger partial charge on any atom is -0.355 e. The van der Waals surface area contributed by atoms with Crippen LogP contribution in [0.2, 0.25) is 0 Å². The zero-order valence-corrected chi connectivity index (χ0v) is 12.1. The average Bonchev–Trinajstić information content (AvgIpc) is 3.07. The Morgan fingerprint density at radius 3 is 2.95 bits per heavy atom. The van der Waals surface area contributed by atoms with Gasteiger partial charge in [0.25, 0.3) is 0 Å². The number of nitrogens with zero attached hydrogens (tertiary/aromatic N) is 5. The van der Waals surface area contributed by atoms with Crippen molar-refractivity contribution in [1.29, 1.82) is 0 Å². The number of thiazole rings is 1. The minimum absolute atomic E-state index is 0.651. The molecule has 0 aliphatic carbocycles. The van der Waals surface area contributed by atoms with Gasteiger partial charge in [0, 0.05) is 30.2 Å². The predicted octanol–water partition coefficient (Wildman–Crippen LogP) is 2.32. The third-order valence-corrected chi connectivity index (χ3v) is 4.11. The summed E-state index contributed by atoms with van der Waals surface area (Å²) in [6, 6.07) is 1.96. The van der Waals surface area contributed by atoms with E-state index < -0.39 is 0 Å². The van der Waals surface area contributed by atoms with Crippen LogP contribution in [0, 0.1) is 6.92 Å². The SMILES string of the molecule is Cc1nsc(NCc2csc(-c3ccn(C)n3)n2)n1. The first-order valence-electron chi connectivity index (χ1n) is 5.69. The third kappa shape index (κ3) is 2.79. The first-order valence-corrected chi connectivity index (χ1v) is 7.34. The molecule has 3 aromatic rings. The molecule has 3 heterocycles. The Kier molecular flexibility index (Phi) is 3.26. The summed E-state index contributed by atoms with van der Waals surface area (Å²) in [6.45, 7) is 2.53. The highest BCUT2D eigenvalue weighted by Crippen LogP contribution is 2.22. The van der Waals surface area contributed by atoms with Crippen LogP contribution in [-0.2, 0) is 13.6 Å². The number of hydrogen-bond donors (Lipinski definition) is 1. The normalized spacial score (nSPS) is 10.8. The number of hydrogen-bond acceptors (Lipinski definition) is 7. The standard InChI is InChI=1S/C11H12N6S2/c1-7-13-11(19-16-7)12-5-8-6-18-10(14-8)9-3-4-17(2)15-9/h3-4,6H,5H2,1-2H3,(H,12,13,16). The van der Waals surface area contributed by atoms with Crippen molar-refractivity contribution in [2.45, 2.75) is 13.5 Å². The fourth-order valence-corrected chi connectivity index (χ4v) is 2.92. The molecule has 0 aromatic carbocycles. The van der Waals surface area contributed by atoms with Crippen molar-refractivity contribution in [3.63, 3.8) is 0 Å². The molecule has 0 saturated carbocycles. The molecule has 0 amide bonds. The quantitative estimate of drug-likeness (QED) is 0.799. The number of aromatic nitrogens is 5. The number of aryl methyl sites for hydroxylation is 2. The predicted molar refractivity (Wildman–Crippen MR) is 76.3 cm³/mol. The monoisotopic (exact) mass is 292 g/mol. The van der Waals surface area contributed by atoms with Crippen LogP contribution in [0.5, 0.6) is 0 Å². The van der Waals surface area contributed by atoms with E-state index in [4.69, 9.17) is 0 Å². The molecule has 8 heteroatoms. The van der Waals surface area contributed by atoms with Gasteiger partial charge in [0.1, 0.15) is 16.5 Å². The van der Waals surface area contributed by atoms with Crippen molar-refractivity contribution in [1.82, 2.24) is 24.1 Å². The summed E-state index contributed by atoms with van der Waals surface area (Å²) in [5.74, 6) is 0.792. The van der Waals surface area contributed by atoms with Crippen LogP contribution in [0.4, 0.5) is 5.13 Å². The first-order chi connectivity index (χ1) is 9.20. The van der Waals surface area contributed by atoms with E-state index in [9.17, 15) is 0 Å². The summed E-state index contributed by atoms with van der Waals surface area (Å²) in [6.07, 6.45) is 1.92. The molecular weight excluding hydrogens is 280 g/mol. The molecule has 1 N–H and O–H groups in total. The molecule has 3 aromatic heterocycles. The molecule has 19 heavy (non-hydrogen) atoms. The van der Waals surface area contributed by atoms with Gasteiger partial charge in [0.05, 0.1) is 12.2 Å². The average molecular weight is 292 g/mol. The van der Waals surface area contributed by atoms with Gasteiger partial charge >= 0.3 is 0 Å². The lowest BCUT2D eigenvalue weighted by molar-refractivity contribution is 0.770. The Labute approximate surface area is 118 Å². The molecule has 0 saturated heterocycles. The van der Waals surface area contributed by atoms with Crippen molar-refractivity contribution >= 4 is 28.0 Å². The van der Waals surface area contributed by atoms with Crippen molar-refractivity contribution in [2.75, 3.05) is 5.32 Å². The van der Waals surface area contributed by atoms with E-state index in [1.165, 1.54) is 11.5 Å². The van der Waals surface area contributed by atoms with E-state index in [1.807, 2.05) is 31.6 Å². The van der Waals surface area contributed by atoms with Crippen LogP contribution < -0.4 is 5.32 Å². The fraction of sp³-hybridized carbons (Fsp3) is 0.273. The van der Waals surface area contributed by atoms with Gasteiger partial charge in [-0.1, -0.05) is 0 Å². The van der Waals surface area contributed by atoms with Crippen LogP contribution in [0.1, 0.15) is 11.5 Å². The number of anilines is 1. The van der Waals surface area contributed by atoms with Gasteiger partial charge < -0.3 is 5.32 Å². The molecule has 0 aliphatic rings. The summed E-state index contributed by atoms with van der Waals surface area (Å²) in [4.78, 5) is 8.80. The van der Waals surface area contributed by atoms with Gasteiger partial charge in [0.15, 0.2) is 0 Å². The lowest BCUT2D eigenvalue weighted by Gasteiger charge is -1.97. The first kappa shape index (κ1) is 12.2.